The summed E-state index contributed by atoms with van der Waals surface area (Å²) in [4.78, 5) is 13.2. The first-order chi connectivity index (χ1) is 13.3. The number of piperazine rings is 1. The first-order valence-electron chi connectivity index (χ1n) is 8.98. The van der Waals surface area contributed by atoms with Gasteiger partial charge >= 0.3 is 6.18 Å². The van der Waals surface area contributed by atoms with Crippen LogP contribution in [0.1, 0.15) is 25.8 Å². The van der Waals surface area contributed by atoms with E-state index in [0.29, 0.717) is 12.5 Å². The number of benzene rings is 1. The second-order valence-corrected chi connectivity index (χ2v) is 11.1. The van der Waals surface area contributed by atoms with Gasteiger partial charge < -0.3 is 4.90 Å². The molecule has 1 amide bonds. The third-order valence-electron chi connectivity index (χ3n) is 4.72. The Kier molecular flexibility index (Phi) is 7.01. The molecule has 12 heteroatoms. The van der Waals surface area contributed by atoms with Crippen LogP contribution in [-0.4, -0.2) is 69.1 Å². The number of carbonyl (C=O) groups excluding carboxylic acids is 1. The Morgan fingerprint density at radius 3 is 2.21 bits per heavy atom. The lowest BCUT2D eigenvalue weighted by molar-refractivity contribution is -0.137. The van der Waals surface area contributed by atoms with E-state index in [-0.39, 0.29) is 31.9 Å². The first-order valence-corrected chi connectivity index (χ1v) is 12.1. The number of rotatable bonds is 6. The second-order valence-electron chi connectivity index (χ2n) is 6.76. The number of alkyl halides is 3. The van der Waals surface area contributed by atoms with Gasteiger partial charge in [-0.15, -0.1) is 0 Å². The van der Waals surface area contributed by atoms with Gasteiger partial charge in [-0.3, -0.25) is 4.79 Å². The highest BCUT2D eigenvalue weighted by atomic mass is 32.2. The van der Waals surface area contributed by atoms with Crippen molar-refractivity contribution < 1.29 is 34.8 Å². The standard InChI is InChI=1S/C17H23F3N2O5S2/c1-3-11-28(24,25)13(2)16(23)21-7-9-22(10-8-21)29(26,27)15-6-4-5-14(12-15)17(18,19)20/h4-6,12-13H,3,7-11H2,1-2H3. The van der Waals surface area contributed by atoms with Gasteiger partial charge in [-0.1, -0.05) is 13.0 Å². The fraction of sp³-hybridized carbons (Fsp3) is 0.588. The fourth-order valence-corrected chi connectivity index (χ4v) is 5.85. The molecule has 164 valence electrons. The molecule has 2 rings (SSSR count). The van der Waals surface area contributed by atoms with Gasteiger partial charge in [-0.2, -0.15) is 17.5 Å². The van der Waals surface area contributed by atoms with E-state index in [2.05, 4.69) is 0 Å². The number of carbonyl (C=O) groups is 1. The summed E-state index contributed by atoms with van der Waals surface area (Å²) < 4.78 is 89.1. The van der Waals surface area contributed by atoms with E-state index in [1.54, 1.807) is 6.92 Å². The lowest BCUT2D eigenvalue weighted by Crippen LogP contribution is -2.53. The van der Waals surface area contributed by atoms with Crippen LogP contribution in [0.25, 0.3) is 0 Å². The molecule has 0 N–H and O–H groups in total. The van der Waals surface area contributed by atoms with Crippen LogP contribution in [0.3, 0.4) is 0 Å². The van der Waals surface area contributed by atoms with Gasteiger partial charge in [0, 0.05) is 26.2 Å². The van der Waals surface area contributed by atoms with E-state index in [1.807, 2.05) is 0 Å². The van der Waals surface area contributed by atoms with Crippen LogP contribution in [0.5, 0.6) is 0 Å². The zero-order valence-corrected chi connectivity index (χ0v) is 17.6. The van der Waals surface area contributed by atoms with Crippen molar-refractivity contribution in [1.82, 2.24) is 9.21 Å². The topological polar surface area (TPSA) is 91.8 Å². The Morgan fingerprint density at radius 1 is 1.10 bits per heavy atom. The summed E-state index contributed by atoms with van der Waals surface area (Å²) in [7, 11) is -7.77. The molecule has 0 aliphatic carbocycles. The molecule has 0 bridgehead atoms. The lowest BCUT2D eigenvalue weighted by atomic mass is 10.2. The van der Waals surface area contributed by atoms with Crippen LogP contribution in [0.4, 0.5) is 13.2 Å². The van der Waals surface area contributed by atoms with E-state index < -0.39 is 47.7 Å². The minimum Gasteiger partial charge on any atom is -0.339 e. The van der Waals surface area contributed by atoms with Crippen molar-refractivity contribution >= 4 is 25.8 Å². The van der Waals surface area contributed by atoms with Crippen molar-refractivity contribution in [2.75, 3.05) is 31.9 Å². The van der Waals surface area contributed by atoms with Gasteiger partial charge in [0.05, 0.1) is 16.2 Å². The summed E-state index contributed by atoms with van der Waals surface area (Å²) in [5, 5.41) is -1.23. The predicted octanol–water partition coefficient (Wildman–Crippen LogP) is 1.75. The van der Waals surface area contributed by atoms with Crippen LogP contribution in [0.15, 0.2) is 29.2 Å². The van der Waals surface area contributed by atoms with Crippen molar-refractivity contribution in [2.24, 2.45) is 0 Å². The molecule has 1 aromatic rings. The monoisotopic (exact) mass is 456 g/mol. The molecule has 29 heavy (non-hydrogen) atoms. The molecule has 1 heterocycles. The molecule has 0 radical (unpaired) electrons. The average molecular weight is 457 g/mol. The molecule has 7 nitrogen and oxygen atoms in total. The maximum absolute atomic E-state index is 12.9. The molecular weight excluding hydrogens is 433 g/mol. The molecule has 1 atom stereocenters. The molecule has 1 aromatic carbocycles. The quantitative estimate of drug-likeness (QED) is 0.651. The maximum Gasteiger partial charge on any atom is 0.416 e. The number of hydrogen-bond donors (Lipinski definition) is 0. The van der Waals surface area contributed by atoms with E-state index in [4.69, 9.17) is 0 Å². The van der Waals surface area contributed by atoms with Crippen molar-refractivity contribution in [3.8, 4) is 0 Å². The van der Waals surface area contributed by atoms with Gasteiger partial charge in [0.15, 0.2) is 9.84 Å². The minimum atomic E-state index is -4.67. The smallest absolute Gasteiger partial charge is 0.339 e. The Morgan fingerprint density at radius 2 is 1.69 bits per heavy atom. The summed E-state index contributed by atoms with van der Waals surface area (Å²) in [6.07, 6.45) is -4.29. The molecule has 0 aromatic heterocycles. The molecule has 1 aliphatic rings. The Labute approximate surface area is 168 Å². The van der Waals surface area contributed by atoms with Crippen LogP contribution >= 0.6 is 0 Å². The maximum atomic E-state index is 12.9. The summed E-state index contributed by atoms with van der Waals surface area (Å²) >= 11 is 0. The van der Waals surface area contributed by atoms with Crippen molar-refractivity contribution in [2.45, 2.75) is 36.6 Å². The van der Waals surface area contributed by atoms with E-state index in [1.165, 1.54) is 11.8 Å². The Bertz CT molecular complexity index is 954. The molecule has 1 aliphatic heterocycles. The van der Waals surface area contributed by atoms with Crippen molar-refractivity contribution in [3.05, 3.63) is 29.8 Å². The van der Waals surface area contributed by atoms with Crippen LogP contribution < -0.4 is 0 Å². The van der Waals surface area contributed by atoms with E-state index >= 15 is 0 Å². The zero-order valence-electron chi connectivity index (χ0n) is 16.0. The zero-order chi connectivity index (χ0) is 22.0. The highest BCUT2D eigenvalue weighted by molar-refractivity contribution is 7.92. The third-order valence-corrected chi connectivity index (χ3v) is 8.88. The molecule has 1 unspecified atom stereocenters. The number of halogens is 3. The second kappa shape index (κ2) is 8.60. The number of hydrogen-bond acceptors (Lipinski definition) is 5. The normalized spacial score (nSPS) is 17.9. The third kappa shape index (κ3) is 5.28. The average Bonchev–Trinajstić information content (AvgIpc) is 2.66. The highest BCUT2D eigenvalue weighted by Gasteiger charge is 2.36. The summed E-state index contributed by atoms with van der Waals surface area (Å²) in [5.41, 5.74) is -1.07. The lowest BCUT2D eigenvalue weighted by Gasteiger charge is -2.35. The number of amides is 1. The Balaban J connectivity index is 2.11. The van der Waals surface area contributed by atoms with E-state index in [0.717, 1.165) is 22.5 Å². The molecular formula is C17H23F3N2O5S2. The summed E-state index contributed by atoms with van der Waals surface area (Å²) in [5.74, 6) is -0.723. The number of sulfone groups is 1. The van der Waals surface area contributed by atoms with Gasteiger partial charge in [0.1, 0.15) is 5.25 Å². The van der Waals surface area contributed by atoms with Gasteiger partial charge in [-0.25, -0.2) is 16.8 Å². The summed E-state index contributed by atoms with van der Waals surface area (Å²) in [6, 6.07) is 3.47. The fourth-order valence-electron chi connectivity index (χ4n) is 3.00. The van der Waals surface area contributed by atoms with Gasteiger partial charge in [0.2, 0.25) is 15.9 Å². The van der Waals surface area contributed by atoms with Crippen LogP contribution in [-0.2, 0) is 30.8 Å². The SMILES string of the molecule is CCCS(=O)(=O)C(C)C(=O)N1CCN(S(=O)(=O)c2cccc(C(F)(F)F)c2)CC1. The number of nitrogens with zero attached hydrogens (tertiary/aromatic N) is 2. The molecule has 1 fully saturated rings. The number of sulfonamides is 1. The van der Waals surface area contributed by atoms with E-state index in [9.17, 15) is 34.8 Å². The predicted molar refractivity (Wildman–Crippen MR) is 100 cm³/mol. The van der Waals surface area contributed by atoms with Crippen molar-refractivity contribution in [1.29, 1.82) is 0 Å². The highest BCUT2D eigenvalue weighted by Crippen LogP contribution is 2.31. The molecule has 0 spiro atoms. The van der Waals surface area contributed by atoms with Crippen LogP contribution in [0.2, 0.25) is 0 Å². The first kappa shape index (κ1) is 23.6. The van der Waals surface area contributed by atoms with Gasteiger partial charge in [0.25, 0.3) is 0 Å². The summed E-state index contributed by atoms with van der Waals surface area (Å²) in [6.45, 7) is 2.65. The largest absolute Gasteiger partial charge is 0.416 e. The minimum absolute atomic E-state index is 0.0387. The van der Waals surface area contributed by atoms with Gasteiger partial charge in [-0.05, 0) is 31.5 Å². The molecule has 0 saturated carbocycles. The molecule has 1 saturated heterocycles. The Hall–Kier alpha value is -1.66. The van der Waals surface area contributed by atoms with Crippen molar-refractivity contribution in [3.63, 3.8) is 0 Å². The van der Waals surface area contributed by atoms with Crippen LogP contribution in [0, 0.1) is 0 Å².